The summed E-state index contributed by atoms with van der Waals surface area (Å²) < 4.78 is 0. The normalized spacial score (nSPS) is 19.0. The van der Waals surface area contributed by atoms with Gasteiger partial charge in [-0.3, -0.25) is 0 Å². The maximum atomic E-state index is 2.50. The quantitative estimate of drug-likeness (QED) is 0.125. The van der Waals surface area contributed by atoms with Gasteiger partial charge in [0.15, 0.2) is 0 Å². The van der Waals surface area contributed by atoms with Crippen LogP contribution in [-0.2, 0) is 0 Å². The predicted octanol–water partition coefficient (Wildman–Crippen LogP) is 10.6. The van der Waals surface area contributed by atoms with E-state index in [1.807, 2.05) is 0 Å². The van der Waals surface area contributed by atoms with E-state index in [1.165, 1.54) is 135 Å². The number of hydrogen-bond donors (Lipinski definition) is 0. The van der Waals surface area contributed by atoms with Crippen molar-refractivity contribution in [1.82, 2.24) is 4.90 Å². The molecular weight excluding hydrogens is 386 g/mol. The summed E-state index contributed by atoms with van der Waals surface area (Å²) in [5.74, 6) is 2.24. The lowest BCUT2D eigenvalue weighted by Crippen LogP contribution is -2.27. The Kier molecular flexibility index (Phi) is 20.1. The van der Waals surface area contributed by atoms with Crippen LogP contribution in [0.3, 0.4) is 0 Å². The maximum Gasteiger partial charge on any atom is 0.00891 e. The lowest BCUT2D eigenvalue weighted by atomic mass is 9.99. The van der Waals surface area contributed by atoms with Gasteiger partial charge in [0.1, 0.15) is 0 Å². The van der Waals surface area contributed by atoms with Gasteiger partial charge in [0.2, 0.25) is 0 Å². The molecule has 0 heterocycles. The Morgan fingerprint density at radius 1 is 0.500 bits per heavy atom. The van der Waals surface area contributed by atoms with E-state index < -0.39 is 0 Å². The standard InChI is InChI=1S/C31H63N/c1-5-7-9-11-13-16-20-24-29-28-30(29)25-21-17-15-19-23-27-31(32(3)4)26-22-18-14-12-10-8-6-2/h29-31H,5-28H2,1-4H3. The third-order valence-electron chi connectivity index (χ3n) is 8.23. The smallest absolute Gasteiger partial charge is 0.00891 e. The second-order valence-corrected chi connectivity index (χ2v) is 11.5. The van der Waals surface area contributed by atoms with Crippen molar-refractivity contribution in [3.63, 3.8) is 0 Å². The zero-order chi connectivity index (χ0) is 23.3. The Morgan fingerprint density at radius 2 is 0.844 bits per heavy atom. The van der Waals surface area contributed by atoms with Crippen LogP contribution in [0.25, 0.3) is 0 Å². The van der Waals surface area contributed by atoms with Gasteiger partial charge in [-0.1, -0.05) is 149 Å². The van der Waals surface area contributed by atoms with Crippen LogP contribution in [-0.4, -0.2) is 25.0 Å². The van der Waals surface area contributed by atoms with Crippen LogP contribution in [0.15, 0.2) is 0 Å². The molecule has 0 bridgehead atoms. The molecule has 3 atom stereocenters. The molecule has 0 radical (unpaired) electrons. The molecule has 1 aliphatic carbocycles. The van der Waals surface area contributed by atoms with Crippen LogP contribution in [0.5, 0.6) is 0 Å². The average molecular weight is 450 g/mol. The first-order valence-electron chi connectivity index (χ1n) is 15.3. The van der Waals surface area contributed by atoms with E-state index in [2.05, 4.69) is 32.8 Å². The predicted molar refractivity (Wildman–Crippen MR) is 147 cm³/mol. The summed E-state index contributed by atoms with van der Waals surface area (Å²) in [4.78, 5) is 2.50. The highest BCUT2D eigenvalue weighted by molar-refractivity contribution is 4.85. The Morgan fingerprint density at radius 3 is 1.22 bits per heavy atom. The van der Waals surface area contributed by atoms with E-state index in [4.69, 9.17) is 0 Å². The average Bonchev–Trinajstić information content (AvgIpc) is 3.53. The molecule has 0 aromatic rings. The van der Waals surface area contributed by atoms with Crippen molar-refractivity contribution in [2.24, 2.45) is 11.8 Å². The van der Waals surface area contributed by atoms with Crippen LogP contribution < -0.4 is 0 Å². The number of rotatable bonds is 25. The van der Waals surface area contributed by atoms with Crippen molar-refractivity contribution >= 4 is 0 Å². The lowest BCUT2D eigenvalue weighted by Gasteiger charge is -2.24. The van der Waals surface area contributed by atoms with E-state index >= 15 is 0 Å². The molecule has 1 fully saturated rings. The second kappa shape index (κ2) is 21.5. The van der Waals surface area contributed by atoms with Crippen LogP contribution in [0.1, 0.15) is 168 Å². The van der Waals surface area contributed by atoms with Gasteiger partial charge in [-0.25, -0.2) is 0 Å². The first kappa shape index (κ1) is 30.0. The third kappa shape index (κ3) is 17.4. The van der Waals surface area contributed by atoms with Crippen molar-refractivity contribution in [3.8, 4) is 0 Å². The summed E-state index contributed by atoms with van der Waals surface area (Å²) in [5.41, 5.74) is 0. The van der Waals surface area contributed by atoms with Gasteiger partial charge in [-0.2, -0.15) is 0 Å². The maximum absolute atomic E-state index is 2.50. The zero-order valence-electron chi connectivity index (χ0n) is 23.1. The van der Waals surface area contributed by atoms with Crippen LogP contribution in [0.2, 0.25) is 0 Å². The molecule has 0 spiro atoms. The molecule has 0 aromatic carbocycles. The highest BCUT2D eigenvalue weighted by atomic mass is 15.1. The molecule has 192 valence electrons. The third-order valence-corrected chi connectivity index (χ3v) is 8.23. The Bertz CT molecular complexity index is 377. The van der Waals surface area contributed by atoms with Gasteiger partial charge < -0.3 is 4.90 Å². The highest BCUT2D eigenvalue weighted by Crippen LogP contribution is 2.45. The Balaban J connectivity index is 1.87. The van der Waals surface area contributed by atoms with Crippen molar-refractivity contribution < 1.29 is 0 Å². The number of hydrogen-bond acceptors (Lipinski definition) is 1. The summed E-state index contributed by atoms with van der Waals surface area (Å²) in [6.45, 7) is 4.62. The largest absolute Gasteiger partial charge is 0.306 e. The topological polar surface area (TPSA) is 3.24 Å². The summed E-state index contributed by atoms with van der Waals surface area (Å²) in [6.07, 6.45) is 35.2. The fourth-order valence-corrected chi connectivity index (χ4v) is 5.70. The first-order valence-corrected chi connectivity index (χ1v) is 15.3. The summed E-state index contributed by atoms with van der Waals surface area (Å²) >= 11 is 0. The SMILES string of the molecule is CCCCCCCCCC1CC1CCCCCCCC(CCCCCCCCC)N(C)C. The van der Waals surface area contributed by atoms with Gasteiger partial charge in [0, 0.05) is 6.04 Å². The van der Waals surface area contributed by atoms with E-state index in [9.17, 15) is 0 Å². The van der Waals surface area contributed by atoms with Gasteiger partial charge in [0.25, 0.3) is 0 Å². The highest BCUT2D eigenvalue weighted by Gasteiger charge is 2.34. The van der Waals surface area contributed by atoms with Gasteiger partial charge >= 0.3 is 0 Å². The first-order chi connectivity index (χ1) is 15.7. The second-order valence-electron chi connectivity index (χ2n) is 11.5. The van der Waals surface area contributed by atoms with E-state index in [0.29, 0.717) is 0 Å². The molecule has 32 heavy (non-hydrogen) atoms. The minimum Gasteiger partial charge on any atom is -0.306 e. The molecule has 1 aliphatic rings. The minimum absolute atomic E-state index is 0.824. The number of nitrogens with zero attached hydrogens (tertiary/aromatic N) is 1. The molecular formula is C31H63N. The fraction of sp³-hybridized carbons (Fsp3) is 1.00. The van der Waals surface area contributed by atoms with E-state index in [-0.39, 0.29) is 0 Å². The van der Waals surface area contributed by atoms with Crippen LogP contribution in [0, 0.1) is 11.8 Å². The molecule has 1 nitrogen and oxygen atoms in total. The molecule has 1 saturated carbocycles. The van der Waals surface area contributed by atoms with Gasteiger partial charge in [-0.05, 0) is 45.2 Å². The van der Waals surface area contributed by atoms with E-state index in [0.717, 1.165) is 17.9 Å². The van der Waals surface area contributed by atoms with Gasteiger partial charge in [0.05, 0.1) is 0 Å². The fourth-order valence-electron chi connectivity index (χ4n) is 5.70. The molecule has 0 aromatic heterocycles. The molecule has 0 saturated heterocycles. The van der Waals surface area contributed by atoms with Crippen molar-refractivity contribution in [2.75, 3.05) is 14.1 Å². The summed E-state index contributed by atoms with van der Waals surface area (Å²) in [6, 6.07) is 0.824. The molecule has 0 N–H and O–H groups in total. The van der Waals surface area contributed by atoms with Crippen molar-refractivity contribution in [3.05, 3.63) is 0 Å². The van der Waals surface area contributed by atoms with E-state index in [1.54, 1.807) is 19.3 Å². The van der Waals surface area contributed by atoms with Crippen LogP contribution in [0.4, 0.5) is 0 Å². The molecule has 1 rings (SSSR count). The van der Waals surface area contributed by atoms with Gasteiger partial charge in [-0.15, -0.1) is 0 Å². The monoisotopic (exact) mass is 449 g/mol. The molecule has 0 amide bonds. The minimum atomic E-state index is 0.824. The summed E-state index contributed by atoms with van der Waals surface area (Å²) in [5, 5.41) is 0. The molecule has 0 aliphatic heterocycles. The van der Waals surface area contributed by atoms with Crippen molar-refractivity contribution in [1.29, 1.82) is 0 Å². The summed E-state index contributed by atoms with van der Waals surface area (Å²) in [7, 11) is 4.59. The Hall–Kier alpha value is -0.0400. The Labute approximate surface area is 204 Å². The molecule has 1 heteroatoms. The number of unbranched alkanes of at least 4 members (excludes halogenated alkanes) is 16. The lowest BCUT2D eigenvalue weighted by molar-refractivity contribution is 0.251. The van der Waals surface area contributed by atoms with Crippen LogP contribution >= 0.6 is 0 Å². The molecule has 3 unspecified atom stereocenters. The zero-order valence-corrected chi connectivity index (χ0v) is 23.1. The van der Waals surface area contributed by atoms with Crippen molar-refractivity contribution in [2.45, 2.75) is 174 Å².